The van der Waals surface area contributed by atoms with Gasteiger partial charge < -0.3 is 0 Å². The van der Waals surface area contributed by atoms with Crippen molar-refractivity contribution < 1.29 is 16.8 Å². The first-order valence-electron chi connectivity index (χ1n) is 5.29. The zero-order valence-corrected chi connectivity index (χ0v) is 13.6. The van der Waals surface area contributed by atoms with Crippen molar-refractivity contribution in [1.82, 2.24) is 4.72 Å². The normalized spacial score (nSPS) is 16.7. The van der Waals surface area contributed by atoms with Crippen molar-refractivity contribution in [3.63, 3.8) is 0 Å². The van der Waals surface area contributed by atoms with Gasteiger partial charge in [0.2, 0.25) is 10.0 Å². The number of rotatable bonds is 8. The number of sulfone groups is 1. The molecule has 1 N–H and O–H groups in total. The second-order valence-corrected chi connectivity index (χ2v) is 9.30. The van der Waals surface area contributed by atoms with Gasteiger partial charge in [0.15, 0.2) is 0 Å². The number of nitrogens with one attached hydrogen (secondary N) is 1. The van der Waals surface area contributed by atoms with Crippen molar-refractivity contribution >= 4 is 35.8 Å². The molecule has 1 unspecified atom stereocenters. The van der Waals surface area contributed by atoms with Crippen molar-refractivity contribution in [3.05, 3.63) is 0 Å². The molecule has 0 rings (SSSR count). The highest BCUT2D eigenvalue weighted by Gasteiger charge is 2.27. The minimum atomic E-state index is -3.56. The van der Waals surface area contributed by atoms with Crippen LogP contribution >= 0.6 is 15.9 Å². The third-order valence-electron chi connectivity index (χ3n) is 2.55. The Labute approximate surface area is 112 Å². The molecule has 0 bridgehead atoms. The van der Waals surface area contributed by atoms with Crippen LogP contribution in [-0.2, 0) is 19.9 Å². The van der Waals surface area contributed by atoms with E-state index in [0.717, 1.165) is 6.26 Å². The molecule has 0 aliphatic rings. The SMILES string of the molecule is CCC(C)(CCBr)NS(=O)(=O)CCS(C)(=O)=O. The average molecular weight is 350 g/mol. The first-order chi connectivity index (χ1) is 7.54. The lowest BCUT2D eigenvalue weighted by atomic mass is 9.98. The topological polar surface area (TPSA) is 80.3 Å². The third kappa shape index (κ3) is 8.12. The van der Waals surface area contributed by atoms with Crippen LogP contribution in [0, 0.1) is 0 Å². The van der Waals surface area contributed by atoms with E-state index < -0.39 is 25.4 Å². The molecule has 0 heterocycles. The van der Waals surface area contributed by atoms with Crippen LogP contribution in [0.25, 0.3) is 0 Å². The molecule has 0 saturated carbocycles. The molecule has 17 heavy (non-hydrogen) atoms. The maximum absolute atomic E-state index is 11.7. The quantitative estimate of drug-likeness (QED) is 0.660. The van der Waals surface area contributed by atoms with Gasteiger partial charge in [-0.05, 0) is 19.8 Å². The van der Waals surface area contributed by atoms with Crippen molar-refractivity contribution in [2.45, 2.75) is 32.2 Å². The third-order valence-corrected chi connectivity index (χ3v) is 5.70. The average Bonchev–Trinajstić information content (AvgIpc) is 2.14. The summed E-state index contributed by atoms with van der Waals surface area (Å²) in [6.45, 7) is 3.70. The Morgan fingerprint density at radius 1 is 1.18 bits per heavy atom. The largest absolute Gasteiger partial charge is 0.229 e. The summed E-state index contributed by atoms with van der Waals surface area (Å²) in [6, 6.07) is 0. The molecule has 5 nitrogen and oxygen atoms in total. The lowest BCUT2D eigenvalue weighted by molar-refractivity contribution is 0.392. The molecule has 0 spiro atoms. The Bertz CT molecular complexity index is 432. The highest BCUT2D eigenvalue weighted by atomic mass is 79.9. The first kappa shape index (κ1) is 17.3. The Hall–Kier alpha value is 0.340. The van der Waals surface area contributed by atoms with E-state index in [0.29, 0.717) is 18.2 Å². The van der Waals surface area contributed by atoms with Crippen LogP contribution in [0.15, 0.2) is 0 Å². The predicted octanol–water partition coefficient (Wildman–Crippen LogP) is 0.904. The molecule has 104 valence electrons. The molecule has 8 heteroatoms. The number of alkyl halides is 1. The van der Waals surface area contributed by atoms with Gasteiger partial charge in [-0.1, -0.05) is 22.9 Å². The lowest BCUT2D eigenvalue weighted by Gasteiger charge is -2.28. The van der Waals surface area contributed by atoms with Crippen molar-refractivity contribution in [3.8, 4) is 0 Å². The molecular formula is C9H20BrNO4S2. The summed E-state index contributed by atoms with van der Waals surface area (Å²) in [5.74, 6) is -0.736. The van der Waals surface area contributed by atoms with Crippen LogP contribution in [0.3, 0.4) is 0 Å². The van der Waals surface area contributed by atoms with Crippen LogP contribution in [0.5, 0.6) is 0 Å². The fourth-order valence-corrected chi connectivity index (χ4v) is 5.26. The maximum atomic E-state index is 11.7. The molecule has 0 fully saturated rings. The van der Waals surface area contributed by atoms with Crippen molar-refractivity contribution in [2.75, 3.05) is 23.1 Å². The number of hydrogen-bond acceptors (Lipinski definition) is 4. The van der Waals surface area contributed by atoms with Gasteiger partial charge in [-0.3, -0.25) is 0 Å². The Kier molecular flexibility index (Phi) is 6.62. The van der Waals surface area contributed by atoms with Crippen LogP contribution in [0.2, 0.25) is 0 Å². The van der Waals surface area contributed by atoms with E-state index in [4.69, 9.17) is 0 Å². The predicted molar refractivity (Wildman–Crippen MR) is 73.7 cm³/mol. The van der Waals surface area contributed by atoms with Gasteiger partial charge in [0.05, 0.1) is 11.5 Å². The zero-order valence-electron chi connectivity index (χ0n) is 10.4. The van der Waals surface area contributed by atoms with Gasteiger partial charge in [0.1, 0.15) is 9.84 Å². The molecule has 0 radical (unpaired) electrons. The standard InChI is InChI=1S/C9H20BrNO4S2/c1-4-9(2,5-6-10)11-17(14,15)8-7-16(3,12)13/h11H,4-8H2,1-3H3. The lowest BCUT2D eigenvalue weighted by Crippen LogP contribution is -2.47. The highest BCUT2D eigenvalue weighted by Crippen LogP contribution is 2.17. The van der Waals surface area contributed by atoms with E-state index in [1.54, 1.807) is 0 Å². The Balaban J connectivity index is 4.63. The van der Waals surface area contributed by atoms with E-state index >= 15 is 0 Å². The van der Waals surface area contributed by atoms with Crippen LogP contribution in [0.4, 0.5) is 0 Å². The van der Waals surface area contributed by atoms with Gasteiger partial charge in [-0.2, -0.15) is 0 Å². The minimum Gasteiger partial charge on any atom is -0.229 e. The van der Waals surface area contributed by atoms with E-state index in [9.17, 15) is 16.8 Å². The molecule has 1 atom stereocenters. The van der Waals surface area contributed by atoms with Gasteiger partial charge in [-0.25, -0.2) is 21.6 Å². The first-order valence-corrected chi connectivity index (χ1v) is 10.1. The second kappa shape index (κ2) is 6.49. The second-order valence-electron chi connectivity index (χ2n) is 4.40. The zero-order chi connectivity index (χ0) is 13.7. The molecule has 0 amide bonds. The molecule has 0 aliphatic carbocycles. The van der Waals surface area contributed by atoms with Crippen molar-refractivity contribution in [2.24, 2.45) is 0 Å². The van der Waals surface area contributed by atoms with Crippen LogP contribution in [-0.4, -0.2) is 45.5 Å². The Morgan fingerprint density at radius 3 is 2.06 bits per heavy atom. The maximum Gasteiger partial charge on any atom is 0.213 e. The summed E-state index contributed by atoms with van der Waals surface area (Å²) in [5.41, 5.74) is -0.528. The summed E-state index contributed by atoms with van der Waals surface area (Å²) in [6.07, 6.45) is 2.33. The smallest absolute Gasteiger partial charge is 0.213 e. The van der Waals surface area contributed by atoms with E-state index in [2.05, 4.69) is 20.7 Å². The highest BCUT2D eigenvalue weighted by molar-refractivity contribution is 9.09. The van der Waals surface area contributed by atoms with E-state index in [-0.39, 0.29) is 11.5 Å². The summed E-state index contributed by atoms with van der Waals surface area (Å²) in [4.78, 5) is 0. The van der Waals surface area contributed by atoms with Crippen LogP contribution < -0.4 is 4.72 Å². The van der Waals surface area contributed by atoms with Gasteiger partial charge in [0, 0.05) is 17.1 Å². The number of halogens is 1. The minimum absolute atomic E-state index is 0.351. The summed E-state index contributed by atoms with van der Waals surface area (Å²) >= 11 is 3.27. The molecule has 0 aromatic heterocycles. The van der Waals surface area contributed by atoms with Crippen LogP contribution in [0.1, 0.15) is 26.7 Å². The molecule has 0 aliphatic heterocycles. The number of sulfonamides is 1. The summed E-state index contributed by atoms with van der Waals surface area (Å²) in [5, 5.41) is 0.686. The molecule has 0 saturated heterocycles. The summed E-state index contributed by atoms with van der Waals surface area (Å²) < 4.78 is 47.9. The van der Waals surface area contributed by atoms with E-state index in [1.165, 1.54) is 0 Å². The molecular weight excluding hydrogens is 330 g/mol. The fraction of sp³-hybridized carbons (Fsp3) is 1.00. The van der Waals surface area contributed by atoms with Gasteiger partial charge in [0.25, 0.3) is 0 Å². The monoisotopic (exact) mass is 349 g/mol. The van der Waals surface area contributed by atoms with E-state index in [1.807, 2.05) is 13.8 Å². The van der Waals surface area contributed by atoms with Gasteiger partial charge in [-0.15, -0.1) is 0 Å². The van der Waals surface area contributed by atoms with Gasteiger partial charge >= 0.3 is 0 Å². The van der Waals surface area contributed by atoms with Crippen molar-refractivity contribution in [1.29, 1.82) is 0 Å². The molecule has 0 aromatic carbocycles. The number of hydrogen-bond donors (Lipinski definition) is 1. The summed E-state index contributed by atoms with van der Waals surface area (Å²) in [7, 11) is -6.82. The molecule has 0 aromatic rings. The fourth-order valence-electron chi connectivity index (χ4n) is 1.20. The Morgan fingerprint density at radius 2 is 1.71 bits per heavy atom.